The molecule has 9 nitrogen and oxygen atoms in total. The molecule has 3 aliphatic rings. The number of rotatable bonds is 2. The quantitative estimate of drug-likeness (QED) is 0.389. The van der Waals surface area contributed by atoms with Crippen molar-refractivity contribution in [2.24, 2.45) is 0 Å². The number of phenols is 3. The summed E-state index contributed by atoms with van der Waals surface area (Å²) in [5, 5.41) is 60.0. The zero-order valence-corrected chi connectivity index (χ0v) is 15.6. The Bertz CT molecular complexity index is 1050. The average Bonchev–Trinajstić information content (AvgIpc) is 3.11. The van der Waals surface area contributed by atoms with E-state index in [0.717, 1.165) is 0 Å². The summed E-state index contributed by atoms with van der Waals surface area (Å²) in [5.41, 5.74) is 1.37. The number of hydrogen-bond donors (Lipinski definition) is 6. The number of fused-ring (bicyclic) bond motifs is 4. The molecule has 2 aromatic carbocycles. The van der Waals surface area contributed by atoms with Crippen molar-refractivity contribution in [2.45, 2.75) is 36.9 Å². The highest BCUT2D eigenvalue weighted by atomic mass is 16.6. The first-order chi connectivity index (χ1) is 14.4. The van der Waals surface area contributed by atoms with E-state index in [0.29, 0.717) is 34.6 Å². The minimum Gasteiger partial charge on any atom is -0.507 e. The summed E-state index contributed by atoms with van der Waals surface area (Å²) in [6, 6.07) is 5.88. The molecule has 9 heteroatoms. The summed E-state index contributed by atoms with van der Waals surface area (Å²) >= 11 is 0. The summed E-state index contributed by atoms with van der Waals surface area (Å²) in [5.74, 6) is 0.391. The highest BCUT2D eigenvalue weighted by molar-refractivity contribution is 5.71. The Labute approximate surface area is 170 Å². The summed E-state index contributed by atoms with van der Waals surface area (Å²) in [7, 11) is 0. The van der Waals surface area contributed by atoms with Gasteiger partial charge < -0.3 is 44.8 Å². The summed E-state index contributed by atoms with van der Waals surface area (Å²) in [6.45, 7) is -0.489. The molecule has 0 bridgehead atoms. The van der Waals surface area contributed by atoms with Gasteiger partial charge in [0.1, 0.15) is 47.4 Å². The van der Waals surface area contributed by atoms with Crippen LogP contribution in [0.2, 0.25) is 0 Å². The SMILES string of the molecule is OC[C@H]1O[C@H]2c3c(cc4c(c3O)CC=C(c3ccc(O)c(O)c3)O4)O[C@H]2[C@@H](O)[C@@H]1O. The number of ether oxygens (including phenoxy) is 3. The molecule has 1 fully saturated rings. The van der Waals surface area contributed by atoms with Gasteiger partial charge in [0.15, 0.2) is 17.6 Å². The van der Waals surface area contributed by atoms with Gasteiger partial charge in [0.2, 0.25) is 0 Å². The maximum atomic E-state index is 10.9. The fraction of sp³-hybridized carbons (Fsp3) is 0.333. The number of aliphatic hydroxyl groups excluding tert-OH is 3. The van der Waals surface area contributed by atoms with Crippen molar-refractivity contribution >= 4 is 5.76 Å². The fourth-order valence-electron chi connectivity index (χ4n) is 4.15. The molecule has 6 N–H and O–H groups in total. The van der Waals surface area contributed by atoms with Crippen molar-refractivity contribution in [2.75, 3.05) is 6.61 Å². The van der Waals surface area contributed by atoms with Crippen molar-refractivity contribution in [3.8, 4) is 28.7 Å². The third-order valence-electron chi connectivity index (χ3n) is 5.75. The van der Waals surface area contributed by atoms with Crippen LogP contribution >= 0.6 is 0 Å². The molecule has 0 spiro atoms. The van der Waals surface area contributed by atoms with E-state index in [2.05, 4.69) is 0 Å². The number of aromatic hydroxyl groups is 3. The van der Waals surface area contributed by atoms with E-state index in [9.17, 15) is 30.6 Å². The molecule has 3 aliphatic heterocycles. The molecule has 0 unspecified atom stereocenters. The Morgan fingerprint density at radius 3 is 2.50 bits per heavy atom. The second kappa shape index (κ2) is 6.78. The Morgan fingerprint density at radius 2 is 1.77 bits per heavy atom. The molecule has 5 atom stereocenters. The first-order valence-corrected chi connectivity index (χ1v) is 9.47. The van der Waals surface area contributed by atoms with Crippen molar-refractivity contribution in [3.63, 3.8) is 0 Å². The van der Waals surface area contributed by atoms with Gasteiger partial charge in [-0.3, -0.25) is 0 Å². The molecule has 158 valence electrons. The second-order valence-electron chi connectivity index (χ2n) is 7.53. The van der Waals surface area contributed by atoms with Crippen molar-refractivity contribution < 1.29 is 44.8 Å². The fourth-order valence-corrected chi connectivity index (χ4v) is 4.15. The van der Waals surface area contributed by atoms with Crippen LogP contribution in [0.25, 0.3) is 5.76 Å². The van der Waals surface area contributed by atoms with Crippen LogP contribution < -0.4 is 9.47 Å². The van der Waals surface area contributed by atoms with Gasteiger partial charge in [-0.25, -0.2) is 0 Å². The first kappa shape index (κ1) is 19.0. The number of phenolic OH excluding ortho intramolecular Hbond substituents is 3. The molecule has 1 saturated heterocycles. The van der Waals surface area contributed by atoms with Crippen molar-refractivity contribution in [3.05, 3.63) is 47.0 Å². The van der Waals surface area contributed by atoms with Crippen LogP contribution in [0.15, 0.2) is 30.3 Å². The van der Waals surface area contributed by atoms with E-state index in [4.69, 9.17) is 14.2 Å². The standard InChI is InChI=1S/C21H20O9/c22-7-15-18(26)19(27)21-20(30-15)16-14(29-21)6-13-9(17(16)25)2-4-12(28-13)8-1-3-10(23)11(24)5-8/h1,3-6,15,18-27H,2,7H2/t15-,18-,19+,20+,21+/m1/s1. The molecule has 0 aliphatic carbocycles. The first-order valence-electron chi connectivity index (χ1n) is 9.47. The molecule has 5 rings (SSSR count). The Morgan fingerprint density at radius 1 is 0.967 bits per heavy atom. The van der Waals surface area contributed by atoms with Gasteiger partial charge in [-0.2, -0.15) is 0 Å². The lowest BCUT2D eigenvalue weighted by molar-refractivity contribution is -0.215. The zero-order valence-electron chi connectivity index (χ0n) is 15.6. The molecular formula is C21H20O9. The van der Waals surface area contributed by atoms with Gasteiger partial charge in [0.25, 0.3) is 0 Å². The van der Waals surface area contributed by atoms with E-state index in [1.54, 1.807) is 18.2 Å². The average molecular weight is 416 g/mol. The summed E-state index contributed by atoms with van der Waals surface area (Å²) in [4.78, 5) is 0. The maximum absolute atomic E-state index is 10.9. The molecule has 0 saturated carbocycles. The van der Waals surface area contributed by atoms with Crippen LogP contribution in [0.5, 0.6) is 28.7 Å². The van der Waals surface area contributed by atoms with E-state index in [1.165, 1.54) is 12.1 Å². The zero-order chi connectivity index (χ0) is 21.2. The van der Waals surface area contributed by atoms with Crippen LogP contribution in [-0.2, 0) is 11.2 Å². The van der Waals surface area contributed by atoms with Gasteiger partial charge >= 0.3 is 0 Å². The van der Waals surface area contributed by atoms with Crippen LogP contribution in [-0.4, -0.2) is 61.7 Å². The Hall–Kier alpha value is -2.98. The van der Waals surface area contributed by atoms with Gasteiger partial charge in [0.05, 0.1) is 12.2 Å². The van der Waals surface area contributed by atoms with Gasteiger partial charge in [0, 0.05) is 23.6 Å². The number of allylic oxidation sites excluding steroid dienone is 1. The molecule has 30 heavy (non-hydrogen) atoms. The number of benzene rings is 2. The molecule has 2 aromatic rings. The summed E-state index contributed by atoms with van der Waals surface area (Å²) in [6.07, 6.45) is -3.37. The minimum absolute atomic E-state index is 0.0980. The van der Waals surface area contributed by atoms with E-state index in [-0.39, 0.29) is 23.0 Å². The van der Waals surface area contributed by atoms with Crippen LogP contribution in [0, 0.1) is 0 Å². The lowest BCUT2D eigenvalue weighted by atomic mass is 9.91. The monoisotopic (exact) mass is 416 g/mol. The highest BCUT2D eigenvalue weighted by Gasteiger charge is 2.52. The van der Waals surface area contributed by atoms with E-state index >= 15 is 0 Å². The second-order valence-corrected chi connectivity index (χ2v) is 7.53. The lowest BCUT2D eigenvalue weighted by Crippen LogP contribution is -2.55. The molecule has 0 radical (unpaired) electrons. The lowest BCUT2D eigenvalue weighted by Gasteiger charge is -2.38. The minimum atomic E-state index is -1.32. The predicted molar refractivity (Wildman–Crippen MR) is 101 cm³/mol. The molecule has 0 amide bonds. The third-order valence-corrected chi connectivity index (χ3v) is 5.75. The maximum Gasteiger partial charge on any atom is 0.158 e. The number of hydrogen-bond acceptors (Lipinski definition) is 9. The third kappa shape index (κ3) is 2.71. The molecule has 0 aromatic heterocycles. The van der Waals surface area contributed by atoms with Gasteiger partial charge in [-0.1, -0.05) is 0 Å². The van der Waals surface area contributed by atoms with Crippen LogP contribution in [0.3, 0.4) is 0 Å². The largest absolute Gasteiger partial charge is 0.507 e. The molecule has 3 heterocycles. The van der Waals surface area contributed by atoms with Gasteiger partial charge in [-0.05, 0) is 24.3 Å². The topological polar surface area (TPSA) is 149 Å². The van der Waals surface area contributed by atoms with Crippen molar-refractivity contribution in [1.82, 2.24) is 0 Å². The number of aliphatic hydroxyl groups is 3. The van der Waals surface area contributed by atoms with Gasteiger partial charge in [-0.15, -0.1) is 0 Å². The predicted octanol–water partition coefficient (Wildman–Crippen LogP) is 0.694. The Kier molecular flexibility index (Phi) is 4.30. The molecular weight excluding hydrogens is 396 g/mol. The normalized spacial score (nSPS) is 29.2. The van der Waals surface area contributed by atoms with Crippen LogP contribution in [0.4, 0.5) is 0 Å². The van der Waals surface area contributed by atoms with E-state index in [1.807, 2.05) is 0 Å². The smallest absolute Gasteiger partial charge is 0.158 e. The Balaban J connectivity index is 1.50. The highest BCUT2D eigenvalue weighted by Crippen LogP contribution is 2.53. The van der Waals surface area contributed by atoms with Crippen molar-refractivity contribution in [1.29, 1.82) is 0 Å². The summed E-state index contributed by atoms with van der Waals surface area (Å²) < 4.78 is 17.4. The van der Waals surface area contributed by atoms with Crippen LogP contribution in [0.1, 0.15) is 22.8 Å². The van der Waals surface area contributed by atoms with E-state index < -0.39 is 37.1 Å².